The molecular formula is C9H10ClNO3. The third kappa shape index (κ3) is 2.37. The van der Waals surface area contributed by atoms with Crippen LogP contribution in [0.2, 0.25) is 0 Å². The molecule has 4 nitrogen and oxygen atoms in total. The summed E-state index contributed by atoms with van der Waals surface area (Å²) in [6, 6.07) is 5.75. The van der Waals surface area contributed by atoms with Crippen LogP contribution in [0, 0.1) is 0 Å². The first-order valence-electron chi connectivity index (χ1n) is 3.92. The Bertz CT molecular complexity index is 312. The first-order valence-corrected chi connectivity index (χ1v) is 4.29. The van der Waals surface area contributed by atoms with Crippen LogP contribution in [-0.2, 0) is 4.79 Å². The number of carbonyl (C=O) groups is 1. The van der Waals surface area contributed by atoms with Crippen LogP contribution < -0.4 is 9.57 Å². The van der Waals surface area contributed by atoms with Gasteiger partial charge in [0.15, 0.2) is 0 Å². The fourth-order valence-corrected chi connectivity index (χ4v) is 1.27. The van der Waals surface area contributed by atoms with E-state index < -0.39 is 12.0 Å². The fourth-order valence-electron chi connectivity index (χ4n) is 1.05. The van der Waals surface area contributed by atoms with Crippen molar-refractivity contribution in [2.45, 2.75) is 6.04 Å². The van der Waals surface area contributed by atoms with Gasteiger partial charge in [0.25, 0.3) is 0 Å². The number of halogens is 1. The Morgan fingerprint density at radius 2 is 2.07 bits per heavy atom. The summed E-state index contributed by atoms with van der Waals surface area (Å²) < 4.78 is 4.94. The molecule has 0 bridgehead atoms. The molecule has 0 aliphatic rings. The van der Waals surface area contributed by atoms with E-state index in [1.54, 1.807) is 31.4 Å². The van der Waals surface area contributed by atoms with Gasteiger partial charge < -0.3 is 9.84 Å². The van der Waals surface area contributed by atoms with Crippen molar-refractivity contribution in [3.8, 4) is 5.75 Å². The number of nitrogens with one attached hydrogen (secondary N) is 1. The molecule has 0 fully saturated rings. The third-order valence-corrected chi connectivity index (χ3v) is 2.02. The summed E-state index contributed by atoms with van der Waals surface area (Å²) in [6.45, 7) is 0. The number of ether oxygens (including phenoxy) is 1. The second-order valence-corrected chi connectivity index (χ2v) is 2.87. The zero-order valence-electron chi connectivity index (χ0n) is 7.53. The molecule has 0 heterocycles. The molecule has 0 aliphatic carbocycles. The van der Waals surface area contributed by atoms with Crippen LogP contribution >= 0.6 is 11.8 Å². The minimum absolute atomic E-state index is 0.577. The summed E-state index contributed by atoms with van der Waals surface area (Å²) in [4.78, 5) is 12.9. The van der Waals surface area contributed by atoms with Gasteiger partial charge in [0.1, 0.15) is 11.8 Å². The lowest BCUT2D eigenvalue weighted by atomic mass is 10.1. The van der Waals surface area contributed by atoms with Crippen molar-refractivity contribution in [3.05, 3.63) is 29.8 Å². The Balaban J connectivity index is 2.89. The third-order valence-electron chi connectivity index (χ3n) is 1.81. The van der Waals surface area contributed by atoms with Crippen molar-refractivity contribution in [1.82, 2.24) is 4.84 Å². The smallest absolute Gasteiger partial charge is 0.326 e. The van der Waals surface area contributed by atoms with Crippen molar-refractivity contribution in [1.29, 1.82) is 0 Å². The minimum atomic E-state index is -1.02. The predicted molar refractivity (Wildman–Crippen MR) is 52.4 cm³/mol. The molecule has 1 atom stereocenters. The number of methoxy groups -OCH3 is 1. The van der Waals surface area contributed by atoms with E-state index in [1.807, 2.05) is 0 Å². The molecule has 0 aromatic heterocycles. The van der Waals surface area contributed by atoms with E-state index >= 15 is 0 Å². The molecule has 5 heteroatoms. The van der Waals surface area contributed by atoms with Crippen molar-refractivity contribution in [3.63, 3.8) is 0 Å². The number of rotatable bonds is 4. The molecule has 1 unspecified atom stereocenters. The molecule has 0 saturated carbocycles. The predicted octanol–water partition coefficient (Wildman–Crippen LogP) is 1.56. The minimum Gasteiger partial charge on any atom is -0.497 e. The monoisotopic (exact) mass is 215 g/mol. The maximum Gasteiger partial charge on any atom is 0.326 e. The molecule has 1 aromatic rings. The summed E-state index contributed by atoms with van der Waals surface area (Å²) in [6.07, 6.45) is 0. The number of aliphatic carboxylic acids is 1. The molecular weight excluding hydrogens is 206 g/mol. The van der Waals surface area contributed by atoms with Gasteiger partial charge in [-0.25, -0.2) is 4.84 Å². The van der Waals surface area contributed by atoms with Crippen LogP contribution in [0.25, 0.3) is 0 Å². The molecule has 0 spiro atoms. The highest BCUT2D eigenvalue weighted by molar-refractivity contribution is 6.14. The van der Waals surface area contributed by atoms with E-state index in [9.17, 15) is 4.79 Å². The molecule has 2 N–H and O–H groups in total. The van der Waals surface area contributed by atoms with Gasteiger partial charge >= 0.3 is 5.97 Å². The summed E-state index contributed by atoms with van der Waals surface area (Å²) in [5, 5.41) is 8.77. The number of benzene rings is 1. The van der Waals surface area contributed by atoms with Crippen LogP contribution in [0.5, 0.6) is 5.75 Å². The first-order chi connectivity index (χ1) is 6.69. The summed E-state index contributed by atoms with van der Waals surface area (Å²) in [5.74, 6) is -0.349. The number of hydrogen-bond acceptors (Lipinski definition) is 3. The summed E-state index contributed by atoms with van der Waals surface area (Å²) in [7, 11) is 1.55. The van der Waals surface area contributed by atoms with Crippen LogP contribution in [-0.4, -0.2) is 18.2 Å². The van der Waals surface area contributed by atoms with Crippen LogP contribution in [0.3, 0.4) is 0 Å². The van der Waals surface area contributed by atoms with E-state index in [2.05, 4.69) is 4.84 Å². The number of carboxylic acid groups (broad SMARTS) is 1. The first kappa shape index (κ1) is 10.8. The van der Waals surface area contributed by atoms with E-state index in [-0.39, 0.29) is 0 Å². The normalized spacial score (nSPS) is 12.1. The van der Waals surface area contributed by atoms with Gasteiger partial charge in [0.2, 0.25) is 0 Å². The molecule has 0 radical (unpaired) electrons. The summed E-state index contributed by atoms with van der Waals surface area (Å²) in [5.41, 5.74) is 0.577. The van der Waals surface area contributed by atoms with Crippen molar-refractivity contribution in [2.24, 2.45) is 0 Å². The molecule has 76 valence electrons. The second kappa shape index (κ2) is 4.83. The molecule has 0 aliphatic heterocycles. The van der Waals surface area contributed by atoms with Crippen LogP contribution in [0.15, 0.2) is 24.3 Å². The highest BCUT2D eigenvalue weighted by atomic mass is 35.5. The SMILES string of the molecule is COc1ccc(C(NCl)C(=O)O)cc1. The maximum atomic E-state index is 10.7. The lowest BCUT2D eigenvalue weighted by Crippen LogP contribution is -2.21. The van der Waals surface area contributed by atoms with Gasteiger partial charge in [-0.1, -0.05) is 12.1 Å². The highest BCUT2D eigenvalue weighted by Gasteiger charge is 2.17. The van der Waals surface area contributed by atoms with E-state index in [1.165, 1.54) is 0 Å². The molecule has 14 heavy (non-hydrogen) atoms. The molecule has 0 saturated heterocycles. The lowest BCUT2D eigenvalue weighted by molar-refractivity contribution is -0.139. The summed E-state index contributed by atoms with van der Waals surface area (Å²) >= 11 is 5.31. The van der Waals surface area contributed by atoms with Gasteiger partial charge in [-0.2, -0.15) is 0 Å². The maximum absolute atomic E-state index is 10.7. The van der Waals surface area contributed by atoms with Crippen molar-refractivity contribution >= 4 is 17.7 Å². The zero-order valence-corrected chi connectivity index (χ0v) is 8.28. The Morgan fingerprint density at radius 3 is 2.43 bits per heavy atom. The highest BCUT2D eigenvalue weighted by Crippen LogP contribution is 2.18. The zero-order chi connectivity index (χ0) is 10.6. The molecule has 1 rings (SSSR count). The lowest BCUT2D eigenvalue weighted by Gasteiger charge is -2.10. The standard InChI is InChI=1S/C9H10ClNO3/c1-14-7-4-2-6(3-5-7)8(11-10)9(12)13/h2-5,8,11H,1H3,(H,12,13). The fraction of sp³-hybridized carbons (Fsp3) is 0.222. The van der Waals surface area contributed by atoms with Gasteiger partial charge in [-0.15, -0.1) is 0 Å². The van der Waals surface area contributed by atoms with Crippen molar-refractivity contribution < 1.29 is 14.6 Å². The van der Waals surface area contributed by atoms with E-state index in [4.69, 9.17) is 21.6 Å². The Morgan fingerprint density at radius 1 is 1.50 bits per heavy atom. The van der Waals surface area contributed by atoms with E-state index in [0.717, 1.165) is 0 Å². The topological polar surface area (TPSA) is 58.6 Å². The largest absolute Gasteiger partial charge is 0.497 e. The molecule has 1 aromatic carbocycles. The Hall–Kier alpha value is -1.26. The quantitative estimate of drug-likeness (QED) is 0.749. The van der Waals surface area contributed by atoms with Gasteiger partial charge in [0.05, 0.1) is 7.11 Å². The van der Waals surface area contributed by atoms with Gasteiger partial charge in [0, 0.05) is 0 Å². The average Bonchev–Trinajstić information content (AvgIpc) is 2.19. The molecule has 0 amide bonds. The Labute approximate surface area is 86.6 Å². The Kier molecular flexibility index (Phi) is 3.73. The van der Waals surface area contributed by atoms with Crippen LogP contribution in [0.1, 0.15) is 11.6 Å². The van der Waals surface area contributed by atoms with Gasteiger partial charge in [-0.3, -0.25) is 4.79 Å². The van der Waals surface area contributed by atoms with Crippen LogP contribution in [0.4, 0.5) is 0 Å². The average molecular weight is 216 g/mol. The van der Waals surface area contributed by atoms with Gasteiger partial charge in [-0.05, 0) is 29.5 Å². The number of carboxylic acids is 1. The van der Waals surface area contributed by atoms with E-state index in [0.29, 0.717) is 11.3 Å². The number of hydrogen-bond donors (Lipinski definition) is 2. The second-order valence-electron chi connectivity index (χ2n) is 2.65. The van der Waals surface area contributed by atoms with Crippen molar-refractivity contribution in [2.75, 3.05) is 7.11 Å².